The minimum Gasteiger partial charge on any atom is -0.507 e. The highest BCUT2D eigenvalue weighted by atomic mass is 35.5. The lowest BCUT2D eigenvalue weighted by Gasteiger charge is -2.33. The number of phenols is 1. The number of aromatic hydroxyl groups is 1. The van der Waals surface area contributed by atoms with Crippen LogP contribution < -0.4 is 25.4 Å². The monoisotopic (exact) mass is 682 g/mol. The lowest BCUT2D eigenvalue weighted by molar-refractivity contribution is 0.258. The van der Waals surface area contributed by atoms with Crippen molar-refractivity contribution in [3.63, 3.8) is 0 Å². The average molecular weight is 683 g/mol. The molecule has 0 saturated heterocycles. The fourth-order valence-electron chi connectivity index (χ4n) is 5.63. The Balaban J connectivity index is 2.61. The summed E-state index contributed by atoms with van der Waals surface area (Å²) in [6.07, 6.45) is 0. The first-order chi connectivity index (χ1) is 21.5. The fraction of sp³-hybridized carbons (Fsp3) is 0.550. The molecule has 47 heavy (non-hydrogen) atoms. The van der Waals surface area contributed by atoms with Gasteiger partial charge in [-0.3, -0.25) is 0 Å². The minimum atomic E-state index is -1.42. The van der Waals surface area contributed by atoms with Crippen LogP contribution in [0.15, 0.2) is 36.4 Å². The summed E-state index contributed by atoms with van der Waals surface area (Å²) in [6, 6.07) is 12.9. The molecule has 0 fully saturated rings. The van der Waals surface area contributed by atoms with Crippen LogP contribution in [-0.2, 0) is 16.2 Å². The molecule has 0 bridgehead atoms. The third-order valence-corrected chi connectivity index (χ3v) is 10.9. The molecule has 3 rings (SSSR count). The zero-order chi connectivity index (χ0) is 35.6. The topological polar surface area (TPSA) is 45.2 Å². The predicted octanol–water partition coefficient (Wildman–Crippen LogP) is 8.19. The normalized spacial score (nSPS) is 12.8. The van der Waals surface area contributed by atoms with E-state index in [2.05, 4.69) is 138 Å². The first-order valence-corrected chi connectivity index (χ1v) is 18.4. The van der Waals surface area contributed by atoms with Gasteiger partial charge in [0.05, 0.1) is 0 Å². The summed E-state index contributed by atoms with van der Waals surface area (Å²) in [4.78, 5) is 4.28. The van der Waals surface area contributed by atoms with Gasteiger partial charge in [0.25, 0.3) is 0 Å². The smallest absolute Gasteiger partial charge is 0.131 e. The molecule has 1 N–H and O–H groups in total. The number of phenolic OH excluding ortho intramolecular Hbond substituents is 1. The summed E-state index contributed by atoms with van der Waals surface area (Å²) >= 11 is 6.96. The second-order valence-electron chi connectivity index (χ2n) is 16.5. The van der Waals surface area contributed by atoms with E-state index < -0.39 is 7.92 Å². The average Bonchev–Trinajstić information content (AvgIpc) is 2.90. The van der Waals surface area contributed by atoms with Gasteiger partial charge in [-0.1, -0.05) is 86.0 Å². The van der Waals surface area contributed by atoms with Crippen LogP contribution in [0, 0.1) is 13.8 Å². The Morgan fingerprint density at radius 2 is 0.979 bits per heavy atom. The number of hydrogen-bond acceptors (Lipinski definition) is 5. The van der Waals surface area contributed by atoms with E-state index in [1.165, 1.54) is 0 Å². The minimum absolute atomic E-state index is 0.184. The van der Waals surface area contributed by atoms with Crippen LogP contribution in [0.2, 0.25) is 5.02 Å². The Hall–Kier alpha value is -2.30. The maximum atomic E-state index is 12.3. The van der Waals surface area contributed by atoms with Crippen LogP contribution >= 0.6 is 19.5 Å². The first-order valence-electron chi connectivity index (χ1n) is 16.7. The van der Waals surface area contributed by atoms with E-state index in [4.69, 9.17) is 21.1 Å². The zero-order valence-corrected chi connectivity index (χ0v) is 33.4. The summed E-state index contributed by atoms with van der Waals surface area (Å²) in [5, 5.41) is 15.8. The van der Waals surface area contributed by atoms with Gasteiger partial charge < -0.3 is 24.4 Å². The van der Waals surface area contributed by atoms with Crippen molar-refractivity contribution in [3.8, 4) is 17.2 Å². The van der Waals surface area contributed by atoms with Gasteiger partial charge in [0.1, 0.15) is 30.5 Å². The maximum Gasteiger partial charge on any atom is 0.131 e. The SMILES string of the molecule is Cc1cc(P(c2cc(Cl)cc(C(C)(C)C)c2O)c2cc(C)cc(C(C)(C)C)c2OCCN(C)C)c(OCCN(C)C)c(C(C)(C)C)c1. The van der Waals surface area contributed by atoms with Crippen LogP contribution in [0.4, 0.5) is 0 Å². The molecule has 0 aliphatic heterocycles. The summed E-state index contributed by atoms with van der Waals surface area (Å²) < 4.78 is 13.7. The summed E-state index contributed by atoms with van der Waals surface area (Å²) in [6.45, 7) is 26.7. The molecular formula is C40H60ClN2O3P. The Labute approximate surface area is 292 Å². The molecule has 0 heterocycles. The van der Waals surface area contributed by atoms with Crippen molar-refractivity contribution in [2.24, 2.45) is 0 Å². The zero-order valence-electron chi connectivity index (χ0n) is 31.8. The molecule has 0 spiro atoms. The first kappa shape index (κ1) is 39.1. The van der Waals surface area contributed by atoms with Gasteiger partial charge in [-0.05, 0) is 102 Å². The van der Waals surface area contributed by atoms with Crippen LogP contribution in [-0.4, -0.2) is 69.4 Å². The van der Waals surface area contributed by atoms with E-state index >= 15 is 0 Å². The van der Waals surface area contributed by atoms with Crippen molar-refractivity contribution in [1.82, 2.24) is 9.80 Å². The molecule has 3 aromatic carbocycles. The van der Waals surface area contributed by atoms with E-state index in [0.29, 0.717) is 18.2 Å². The Kier molecular flexibility index (Phi) is 12.6. The third-order valence-electron chi connectivity index (χ3n) is 8.20. The Morgan fingerprint density at radius 1 is 0.596 bits per heavy atom. The molecule has 0 atom stereocenters. The highest BCUT2D eigenvalue weighted by molar-refractivity contribution is 7.80. The molecule has 0 saturated carbocycles. The number of aryl methyl sites for hydroxylation is 2. The van der Waals surface area contributed by atoms with E-state index in [0.717, 1.165) is 68.3 Å². The lowest BCUT2D eigenvalue weighted by atomic mass is 9.85. The predicted molar refractivity (Wildman–Crippen MR) is 205 cm³/mol. The number of nitrogens with zero attached hydrogens (tertiary/aromatic N) is 2. The number of rotatable bonds is 11. The van der Waals surface area contributed by atoms with Crippen LogP contribution in [0.1, 0.15) is 90.1 Å². The van der Waals surface area contributed by atoms with Crippen molar-refractivity contribution in [2.75, 3.05) is 54.5 Å². The summed E-state index contributed by atoms with van der Waals surface area (Å²) in [5.74, 6) is 2.04. The highest BCUT2D eigenvalue weighted by Crippen LogP contribution is 2.49. The highest BCUT2D eigenvalue weighted by Gasteiger charge is 2.35. The van der Waals surface area contributed by atoms with Crippen molar-refractivity contribution in [3.05, 3.63) is 69.2 Å². The third kappa shape index (κ3) is 9.88. The molecule has 0 unspecified atom stereocenters. The largest absolute Gasteiger partial charge is 0.507 e. The van der Waals surface area contributed by atoms with E-state index in [1.807, 2.05) is 12.1 Å². The van der Waals surface area contributed by atoms with Crippen LogP contribution in [0.25, 0.3) is 0 Å². The second kappa shape index (κ2) is 15.1. The van der Waals surface area contributed by atoms with Crippen LogP contribution in [0.5, 0.6) is 17.2 Å². The van der Waals surface area contributed by atoms with Gasteiger partial charge in [-0.2, -0.15) is 0 Å². The molecule has 0 aliphatic rings. The molecular weight excluding hydrogens is 623 g/mol. The molecule has 0 radical (unpaired) electrons. The van der Waals surface area contributed by atoms with Crippen molar-refractivity contribution in [2.45, 2.75) is 92.4 Å². The standard InChI is InChI=1S/C40H60ClN2O3P/c1-26-20-30(39(6,7)8)36(45-18-16-42(12)13)33(22-26)47(32-25-28(41)24-29(35(32)44)38(3,4)5)34-23-27(2)21-31(40(9,10)11)37(34)46-19-17-43(14)15/h20-25,44H,16-19H2,1-15H3. The number of benzene rings is 3. The van der Waals surface area contributed by atoms with Gasteiger partial charge >= 0.3 is 0 Å². The van der Waals surface area contributed by atoms with E-state index in [1.54, 1.807) is 0 Å². The number of halogens is 1. The Bertz CT molecular complexity index is 1460. The van der Waals surface area contributed by atoms with Gasteiger partial charge in [0.15, 0.2) is 0 Å². The quantitative estimate of drug-likeness (QED) is 0.207. The van der Waals surface area contributed by atoms with Crippen molar-refractivity contribution in [1.29, 1.82) is 0 Å². The van der Waals surface area contributed by atoms with Crippen molar-refractivity contribution >= 4 is 35.4 Å². The fourth-order valence-corrected chi connectivity index (χ4v) is 8.75. The number of hydrogen-bond donors (Lipinski definition) is 1. The van der Waals surface area contributed by atoms with E-state index in [-0.39, 0.29) is 22.0 Å². The molecule has 0 aromatic heterocycles. The van der Waals surface area contributed by atoms with Crippen LogP contribution in [0.3, 0.4) is 0 Å². The molecule has 260 valence electrons. The van der Waals surface area contributed by atoms with Gasteiger partial charge in [-0.15, -0.1) is 0 Å². The van der Waals surface area contributed by atoms with Crippen molar-refractivity contribution < 1.29 is 14.6 Å². The summed E-state index contributed by atoms with van der Waals surface area (Å²) in [5.41, 5.74) is 4.72. The van der Waals surface area contributed by atoms with Gasteiger partial charge in [0, 0.05) is 50.7 Å². The number of ether oxygens (including phenoxy) is 2. The number of likely N-dealkylation sites (N-methyl/N-ethyl adjacent to an activating group) is 2. The molecule has 0 amide bonds. The summed E-state index contributed by atoms with van der Waals surface area (Å²) in [7, 11) is 6.83. The Morgan fingerprint density at radius 3 is 1.32 bits per heavy atom. The van der Waals surface area contributed by atoms with E-state index in [9.17, 15) is 5.11 Å². The molecule has 7 heteroatoms. The van der Waals surface area contributed by atoms with Gasteiger partial charge in [-0.25, -0.2) is 0 Å². The maximum absolute atomic E-state index is 12.3. The molecule has 3 aromatic rings. The van der Waals surface area contributed by atoms with Gasteiger partial charge in [0.2, 0.25) is 0 Å². The second-order valence-corrected chi connectivity index (χ2v) is 19.1. The molecule has 0 aliphatic carbocycles. The molecule has 5 nitrogen and oxygen atoms in total. The lowest BCUT2D eigenvalue weighted by Crippen LogP contribution is -2.31.